The van der Waals surface area contributed by atoms with Crippen LogP contribution in [0.4, 0.5) is 0 Å². The van der Waals surface area contributed by atoms with Crippen molar-refractivity contribution >= 4 is 11.8 Å². The number of hydrogen-bond acceptors (Lipinski definition) is 4. The monoisotopic (exact) mass is 298 g/mol. The fourth-order valence-corrected chi connectivity index (χ4v) is 2.63. The number of rotatable bonds is 4. The number of piperidine rings is 1. The van der Waals surface area contributed by atoms with Crippen LogP contribution in [-0.4, -0.2) is 26.8 Å². The molecule has 2 heterocycles. The van der Waals surface area contributed by atoms with Crippen LogP contribution in [0, 0.1) is 0 Å². The van der Waals surface area contributed by atoms with E-state index >= 15 is 0 Å². The maximum absolute atomic E-state index is 11.8. The van der Waals surface area contributed by atoms with Crippen LogP contribution in [0.1, 0.15) is 37.8 Å². The second-order valence-corrected chi connectivity index (χ2v) is 5.50. The Morgan fingerprint density at radius 2 is 2.05 bits per heavy atom. The van der Waals surface area contributed by atoms with Gasteiger partial charge in [-0.2, -0.15) is 0 Å². The minimum Gasteiger partial charge on any atom is -0.295 e. The second-order valence-electron chi connectivity index (χ2n) is 5.50. The Balaban J connectivity index is 1.78. The lowest BCUT2D eigenvalue weighted by molar-refractivity contribution is -0.136. The summed E-state index contributed by atoms with van der Waals surface area (Å²) in [6.45, 7) is 2.15. The van der Waals surface area contributed by atoms with Crippen LogP contribution in [0.15, 0.2) is 30.5 Å². The van der Waals surface area contributed by atoms with Crippen molar-refractivity contribution in [3.05, 3.63) is 36.0 Å². The Hall–Kier alpha value is -2.50. The summed E-state index contributed by atoms with van der Waals surface area (Å²) in [5, 5.41) is 10.5. The third-order valence-corrected chi connectivity index (χ3v) is 3.83. The highest BCUT2D eigenvalue weighted by atomic mass is 16.2. The van der Waals surface area contributed by atoms with Crippen molar-refractivity contribution in [1.82, 2.24) is 20.3 Å². The summed E-state index contributed by atoms with van der Waals surface area (Å²) in [7, 11) is 0. The van der Waals surface area contributed by atoms with Gasteiger partial charge >= 0.3 is 0 Å². The largest absolute Gasteiger partial charge is 0.295 e. The van der Waals surface area contributed by atoms with Crippen LogP contribution < -0.4 is 5.32 Å². The predicted octanol–water partition coefficient (Wildman–Crippen LogP) is 1.88. The molecule has 22 heavy (non-hydrogen) atoms. The van der Waals surface area contributed by atoms with Crippen molar-refractivity contribution in [2.24, 2.45) is 0 Å². The first-order chi connectivity index (χ1) is 10.7. The van der Waals surface area contributed by atoms with E-state index in [0.717, 1.165) is 24.1 Å². The number of nitrogens with one attached hydrogen (secondary N) is 1. The van der Waals surface area contributed by atoms with Crippen LogP contribution in [0.5, 0.6) is 0 Å². The smallest absolute Gasteiger partial charge is 0.251 e. The van der Waals surface area contributed by atoms with E-state index in [-0.39, 0.29) is 11.8 Å². The van der Waals surface area contributed by atoms with Crippen molar-refractivity contribution < 1.29 is 9.59 Å². The third-order valence-electron chi connectivity index (χ3n) is 3.83. The SMILES string of the molecule is CCCc1ccc(-c2cn(C3CCC(=O)NC3=O)nn2)cc1. The molecule has 1 N–H and O–H groups in total. The lowest BCUT2D eigenvalue weighted by atomic mass is 10.1. The summed E-state index contributed by atoms with van der Waals surface area (Å²) < 4.78 is 1.54. The van der Waals surface area contributed by atoms with Crippen molar-refractivity contribution in [1.29, 1.82) is 0 Å². The van der Waals surface area contributed by atoms with Gasteiger partial charge in [-0.1, -0.05) is 42.8 Å². The topological polar surface area (TPSA) is 76.9 Å². The van der Waals surface area contributed by atoms with Crippen molar-refractivity contribution in [2.45, 2.75) is 38.6 Å². The van der Waals surface area contributed by atoms with Crippen LogP contribution in [0.3, 0.4) is 0 Å². The molecule has 3 rings (SSSR count). The Morgan fingerprint density at radius 3 is 2.73 bits per heavy atom. The number of carbonyl (C=O) groups is 2. The maximum atomic E-state index is 11.8. The molecule has 6 nitrogen and oxygen atoms in total. The van der Waals surface area contributed by atoms with Gasteiger partial charge in [0.15, 0.2) is 0 Å². The van der Waals surface area contributed by atoms with Crippen LogP contribution in [0.25, 0.3) is 11.3 Å². The Morgan fingerprint density at radius 1 is 1.27 bits per heavy atom. The average molecular weight is 298 g/mol. The molecule has 1 aliphatic heterocycles. The molecule has 114 valence electrons. The quantitative estimate of drug-likeness (QED) is 0.874. The maximum Gasteiger partial charge on any atom is 0.251 e. The number of amides is 2. The van der Waals surface area contributed by atoms with E-state index in [4.69, 9.17) is 0 Å². The number of benzene rings is 1. The molecule has 0 spiro atoms. The predicted molar refractivity (Wildman–Crippen MR) is 80.9 cm³/mol. The summed E-state index contributed by atoms with van der Waals surface area (Å²) in [4.78, 5) is 23.0. The first-order valence-electron chi connectivity index (χ1n) is 7.52. The molecular formula is C16H18N4O2. The van der Waals surface area contributed by atoms with E-state index in [1.165, 1.54) is 10.2 Å². The van der Waals surface area contributed by atoms with Gasteiger partial charge in [-0.3, -0.25) is 14.9 Å². The second kappa shape index (κ2) is 6.09. The van der Waals surface area contributed by atoms with Gasteiger partial charge in [0.05, 0.1) is 6.20 Å². The van der Waals surface area contributed by atoms with Crippen molar-refractivity contribution in [2.75, 3.05) is 0 Å². The molecule has 1 saturated heterocycles. The van der Waals surface area contributed by atoms with E-state index in [1.54, 1.807) is 6.20 Å². The molecular weight excluding hydrogens is 280 g/mol. The first-order valence-corrected chi connectivity index (χ1v) is 7.52. The highest BCUT2D eigenvalue weighted by Crippen LogP contribution is 2.22. The summed E-state index contributed by atoms with van der Waals surface area (Å²) in [5.74, 6) is -0.543. The lowest BCUT2D eigenvalue weighted by Crippen LogP contribution is -2.41. The molecule has 1 aromatic carbocycles. The normalized spacial score (nSPS) is 18.3. The van der Waals surface area contributed by atoms with Crippen LogP contribution in [0.2, 0.25) is 0 Å². The van der Waals surface area contributed by atoms with E-state index in [1.807, 2.05) is 12.1 Å². The van der Waals surface area contributed by atoms with Gasteiger partial charge in [-0.25, -0.2) is 4.68 Å². The number of carbonyl (C=O) groups excluding carboxylic acids is 2. The number of nitrogens with zero attached hydrogens (tertiary/aromatic N) is 3. The van der Waals surface area contributed by atoms with Crippen molar-refractivity contribution in [3.63, 3.8) is 0 Å². The van der Waals surface area contributed by atoms with Gasteiger partial charge in [-0.05, 0) is 18.4 Å². The molecule has 0 bridgehead atoms. The Bertz CT molecular complexity index is 690. The van der Waals surface area contributed by atoms with Crippen LogP contribution in [-0.2, 0) is 16.0 Å². The number of aromatic nitrogens is 3. The third kappa shape index (κ3) is 2.90. The lowest BCUT2D eigenvalue weighted by Gasteiger charge is -2.20. The van der Waals surface area contributed by atoms with Gasteiger partial charge in [0.1, 0.15) is 11.7 Å². The molecule has 2 amide bonds. The number of hydrogen-bond donors (Lipinski definition) is 1. The fourth-order valence-electron chi connectivity index (χ4n) is 2.63. The van der Waals surface area contributed by atoms with E-state index in [0.29, 0.717) is 12.8 Å². The minimum atomic E-state index is -0.460. The fraction of sp³-hybridized carbons (Fsp3) is 0.375. The van der Waals surface area contributed by atoms with Gasteiger partial charge in [0.25, 0.3) is 5.91 Å². The average Bonchev–Trinajstić information content (AvgIpc) is 2.98. The molecule has 6 heteroatoms. The molecule has 2 aromatic rings. The zero-order valence-corrected chi connectivity index (χ0v) is 12.5. The standard InChI is InChI=1S/C16H18N4O2/c1-2-3-11-4-6-12(7-5-11)13-10-20(19-18-13)14-8-9-15(21)17-16(14)22/h4-7,10,14H,2-3,8-9H2,1H3,(H,17,21,22). The van der Waals surface area contributed by atoms with E-state index in [9.17, 15) is 9.59 Å². The van der Waals surface area contributed by atoms with Gasteiger partial charge in [-0.15, -0.1) is 5.10 Å². The molecule has 0 saturated carbocycles. The molecule has 1 aliphatic rings. The highest BCUT2D eigenvalue weighted by molar-refractivity contribution is 5.99. The molecule has 0 radical (unpaired) electrons. The molecule has 1 atom stereocenters. The summed E-state index contributed by atoms with van der Waals surface area (Å²) in [6.07, 6.45) is 4.73. The van der Waals surface area contributed by atoms with Gasteiger partial charge < -0.3 is 0 Å². The van der Waals surface area contributed by atoms with Gasteiger partial charge in [0, 0.05) is 12.0 Å². The molecule has 1 unspecified atom stereocenters. The van der Waals surface area contributed by atoms with E-state index < -0.39 is 6.04 Å². The zero-order valence-electron chi connectivity index (χ0n) is 12.5. The molecule has 1 fully saturated rings. The zero-order chi connectivity index (χ0) is 15.5. The first kappa shape index (κ1) is 14.4. The molecule has 1 aromatic heterocycles. The minimum absolute atomic E-state index is 0.229. The molecule has 0 aliphatic carbocycles. The number of imide groups is 1. The van der Waals surface area contributed by atoms with Gasteiger partial charge in [0.2, 0.25) is 5.91 Å². The van der Waals surface area contributed by atoms with Crippen LogP contribution >= 0.6 is 0 Å². The summed E-state index contributed by atoms with van der Waals surface area (Å²) in [5.41, 5.74) is 3.00. The van der Waals surface area contributed by atoms with E-state index in [2.05, 4.69) is 34.7 Å². The Labute approximate surface area is 128 Å². The van der Waals surface area contributed by atoms with Crippen molar-refractivity contribution in [3.8, 4) is 11.3 Å². The number of aryl methyl sites for hydroxylation is 1. The summed E-state index contributed by atoms with van der Waals surface area (Å²) in [6, 6.07) is 7.75. The highest BCUT2D eigenvalue weighted by Gasteiger charge is 2.29. The Kier molecular flexibility index (Phi) is 4.00. The summed E-state index contributed by atoms with van der Waals surface area (Å²) >= 11 is 0.